The van der Waals surface area contributed by atoms with Gasteiger partial charge in [-0.15, -0.1) is 0 Å². The minimum absolute atomic E-state index is 0.623. The zero-order valence-corrected chi connectivity index (χ0v) is 20.3. The third kappa shape index (κ3) is 6.60. The maximum atomic E-state index is 6.31. The van der Waals surface area contributed by atoms with Gasteiger partial charge in [0.05, 0.1) is 5.69 Å². The van der Waals surface area contributed by atoms with Crippen molar-refractivity contribution in [2.24, 2.45) is 0 Å². The molecule has 0 spiro atoms. The van der Waals surface area contributed by atoms with Crippen LogP contribution in [0, 0.1) is 0 Å². The second-order valence-electron chi connectivity index (χ2n) is 9.38. The number of hydrogen-bond donors (Lipinski definition) is 1. The Hall–Kier alpha value is -2.81. The highest BCUT2D eigenvalue weighted by Crippen LogP contribution is 2.37. The van der Waals surface area contributed by atoms with Crippen molar-refractivity contribution in [3.63, 3.8) is 0 Å². The molecule has 4 rings (SSSR count). The van der Waals surface area contributed by atoms with E-state index in [0.717, 1.165) is 30.8 Å². The Labute approximate surface area is 199 Å². The molecule has 1 aliphatic carbocycles. The highest BCUT2D eigenvalue weighted by molar-refractivity contribution is 5.56. The Morgan fingerprint density at radius 3 is 2.42 bits per heavy atom. The minimum atomic E-state index is 0.623. The van der Waals surface area contributed by atoms with Crippen molar-refractivity contribution in [3.05, 3.63) is 83.0 Å². The number of benzene rings is 2. The summed E-state index contributed by atoms with van der Waals surface area (Å²) in [5.41, 5.74) is 6.30. The van der Waals surface area contributed by atoms with Gasteiger partial charge in [-0.1, -0.05) is 75.9 Å². The van der Waals surface area contributed by atoms with E-state index in [1.165, 1.54) is 67.2 Å². The van der Waals surface area contributed by atoms with Crippen LogP contribution in [0.15, 0.2) is 60.8 Å². The van der Waals surface area contributed by atoms with E-state index in [0.29, 0.717) is 11.8 Å². The molecule has 0 radical (unpaired) electrons. The number of unbranched alkanes of at least 4 members (excludes halogenated alkanes) is 1. The van der Waals surface area contributed by atoms with Crippen LogP contribution in [0.3, 0.4) is 0 Å². The number of pyridine rings is 1. The van der Waals surface area contributed by atoms with E-state index in [2.05, 4.69) is 67.7 Å². The summed E-state index contributed by atoms with van der Waals surface area (Å²) in [4.78, 5) is 4.78. The lowest BCUT2D eigenvalue weighted by atomic mass is 9.99. The fraction of sp³-hybridized carbons (Fsp3) is 0.433. The third-order valence-electron chi connectivity index (χ3n) is 6.68. The molecule has 0 atom stereocenters. The lowest BCUT2D eigenvalue weighted by Crippen LogP contribution is -2.05. The molecule has 1 heterocycles. The molecule has 1 aliphatic rings. The molecule has 0 amide bonds. The number of nitrogens with zero attached hydrogens (tertiary/aromatic N) is 1. The fourth-order valence-electron chi connectivity index (χ4n) is 4.73. The highest BCUT2D eigenvalue weighted by Gasteiger charge is 2.19. The predicted octanol–water partition coefficient (Wildman–Crippen LogP) is 8.44. The van der Waals surface area contributed by atoms with Gasteiger partial charge in [-0.2, -0.15) is 0 Å². The van der Waals surface area contributed by atoms with Crippen LogP contribution in [0.4, 0.5) is 5.69 Å². The molecule has 0 unspecified atom stereocenters. The number of hydrogen-bond acceptors (Lipinski definition) is 3. The maximum Gasteiger partial charge on any atom is 0.242 e. The molecule has 1 saturated carbocycles. The van der Waals surface area contributed by atoms with Crippen LogP contribution < -0.4 is 10.1 Å². The summed E-state index contributed by atoms with van der Waals surface area (Å²) >= 11 is 0. The Balaban J connectivity index is 1.53. The molecule has 0 saturated heterocycles. The van der Waals surface area contributed by atoms with Gasteiger partial charge >= 0.3 is 0 Å². The quantitative estimate of drug-likeness (QED) is 0.323. The van der Waals surface area contributed by atoms with Gasteiger partial charge in [-0.25, -0.2) is 4.98 Å². The summed E-state index contributed by atoms with van der Waals surface area (Å²) < 4.78 is 6.31. The molecule has 0 bridgehead atoms. The van der Waals surface area contributed by atoms with Gasteiger partial charge in [-0.3, -0.25) is 0 Å². The zero-order chi connectivity index (χ0) is 22.9. The lowest BCUT2D eigenvalue weighted by molar-refractivity contribution is 0.463. The van der Waals surface area contributed by atoms with E-state index in [-0.39, 0.29) is 0 Å². The first kappa shape index (κ1) is 23.4. The Morgan fingerprint density at radius 2 is 1.67 bits per heavy atom. The summed E-state index contributed by atoms with van der Waals surface area (Å²) in [6, 6.07) is 19.6. The molecule has 2 aromatic carbocycles. The maximum absolute atomic E-state index is 6.31. The van der Waals surface area contributed by atoms with Crippen molar-refractivity contribution in [1.29, 1.82) is 0 Å². The van der Waals surface area contributed by atoms with Gasteiger partial charge in [0.2, 0.25) is 5.88 Å². The Morgan fingerprint density at radius 1 is 0.879 bits per heavy atom. The van der Waals surface area contributed by atoms with Crippen molar-refractivity contribution in [2.75, 3.05) is 5.32 Å². The van der Waals surface area contributed by atoms with Crippen molar-refractivity contribution in [2.45, 2.75) is 84.1 Å². The second-order valence-corrected chi connectivity index (χ2v) is 9.38. The van der Waals surface area contributed by atoms with Crippen molar-refractivity contribution in [1.82, 2.24) is 4.98 Å². The number of anilines is 1. The van der Waals surface area contributed by atoms with E-state index in [9.17, 15) is 0 Å². The van der Waals surface area contributed by atoms with Crippen LogP contribution in [0.5, 0.6) is 11.6 Å². The number of aromatic nitrogens is 1. The van der Waals surface area contributed by atoms with Crippen LogP contribution in [-0.4, -0.2) is 4.98 Å². The summed E-state index contributed by atoms with van der Waals surface area (Å²) in [5.74, 6) is 2.14. The van der Waals surface area contributed by atoms with Gasteiger partial charge in [0.15, 0.2) is 0 Å². The van der Waals surface area contributed by atoms with E-state index >= 15 is 0 Å². The molecule has 3 heteroatoms. The number of nitrogens with one attached hydrogen (secondary N) is 1. The predicted molar refractivity (Wildman–Crippen MR) is 138 cm³/mol. The molecule has 1 aromatic heterocycles. The average molecular weight is 443 g/mol. The lowest BCUT2D eigenvalue weighted by Gasteiger charge is -2.16. The summed E-state index contributed by atoms with van der Waals surface area (Å²) in [5, 5.41) is 3.63. The van der Waals surface area contributed by atoms with Gasteiger partial charge in [0.1, 0.15) is 5.75 Å². The molecular weight excluding hydrogens is 404 g/mol. The van der Waals surface area contributed by atoms with E-state index in [1.807, 2.05) is 12.3 Å². The van der Waals surface area contributed by atoms with Gasteiger partial charge in [0.25, 0.3) is 0 Å². The molecular formula is C30H38N2O. The molecule has 1 fully saturated rings. The zero-order valence-electron chi connectivity index (χ0n) is 20.3. The monoisotopic (exact) mass is 442 g/mol. The molecule has 3 nitrogen and oxygen atoms in total. The average Bonchev–Trinajstić information content (AvgIpc) is 3.39. The summed E-state index contributed by atoms with van der Waals surface area (Å²) in [7, 11) is 0. The second kappa shape index (κ2) is 11.9. The van der Waals surface area contributed by atoms with Crippen molar-refractivity contribution in [3.8, 4) is 11.6 Å². The number of ether oxygens (including phenoxy) is 1. The highest BCUT2D eigenvalue weighted by atomic mass is 16.5. The molecule has 174 valence electrons. The Bertz CT molecular complexity index is 1010. The molecule has 1 N–H and O–H groups in total. The number of rotatable bonds is 11. The van der Waals surface area contributed by atoms with Crippen LogP contribution in [0.25, 0.3) is 0 Å². The van der Waals surface area contributed by atoms with Crippen LogP contribution in [-0.2, 0) is 19.4 Å². The van der Waals surface area contributed by atoms with Crippen molar-refractivity contribution < 1.29 is 4.74 Å². The first-order valence-electron chi connectivity index (χ1n) is 12.8. The largest absolute Gasteiger partial charge is 0.437 e. The van der Waals surface area contributed by atoms with Crippen LogP contribution in [0.1, 0.15) is 87.0 Å². The topological polar surface area (TPSA) is 34.1 Å². The Kier molecular flexibility index (Phi) is 8.41. The first-order valence-corrected chi connectivity index (χ1v) is 12.8. The van der Waals surface area contributed by atoms with Gasteiger partial charge in [-0.05, 0) is 78.5 Å². The summed E-state index contributed by atoms with van der Waals surface area (Å²) in [6.45, 7) is 5.21. The standard InChI is InChI=1S/C30H38N2O/c1-3-5-10-24-11-8-14-28(19-24)33-30-29(20-27(22-32-30)26-12-6-7-13-26)31-21-25-17-15-23(9-4-2)16-18-25/h8,11,14-20,22,26,31H,3-7,9-10,12-13,21H2,1-2H3. The summed E-state index contributed by atoms with van der Waals surface area (Å²) in [6.07, 6.45) is 13.0. The normalized spacial score (nSPS) is 13.9. The fourth-order valence-corrected chi connectivity index (χ4v) is 4.73. The minimum Gasteiger partial charge on any atom is -0.437 e. The van der Waals surface area contributed by atoms with Gasteiger partial charge < -0.3 is 10.1 Å². The van der Waals surface area contributed by atoms with E-state index in [1.54, 1.807) is 0 Å². The van der Waals surface area contributed by atoms with Crippen LogP contribution >= 0.6 is 0 Å². The van der Waals surface area contributed by atoms with E-state index < -0.39 is 0 Å². The molecule has 3 aromatic rings. The van der Waals surface area contributed by atoms with Crippen LogP contribution in [0.2, 0.25) is 0 Å². The molecule has 0 aliphatic heterocycles. The molecule has 33 heavy (non-hydrogen) atoms. The number of aryl methyl sites for hydroxylation is 2. The van der Waals surface area contributed by atoms with Gasteiger partial charge in [0, 0.05) is 12.7 Å². The SMILES string of the molecule is CCCCc1cccc(Oc2ncc(C3CCCC3)cc2NCc2ccc(CCC)cc2)c1. The van der Waals surface area contributed by atoms with E-state index in [4.69, 9.17) is 9.72 Å². The van der Waals surface area contributed by atoms with Crippen molar-refractivity contribution >= 4 is 5.69 Å². The third-order valence-corrected chi connectivity index (χ3v) is 6.68. The smallest absolute Gasteiger partial charge is 0.242 e. The first-order chi connectivity index (χ1) is 16.2.